The number of fused-ring (bicyclic) bond motifs is 1. The maximum Gasteiger partial charge on any atom is 0.221 e. The van der Waals surface area contributed by atoms with E-state index in [9.17, 15) is 0 Å². The molecular weight excluding hydrogens is 284 g/mol. The first-order valence-electron chi connectivity index (χ1n) is 9.26. The first-order valence-corrected chi connectivity index (χ1v) is 11.9. The molecule has 0 saturated heterocycles. The standard InChI is InChI=1S/C20H32OSi/c1-15(2)18-12-11-16(3)14-19(18)21-22(4)13-7-9-17-8-5-6-10-20(17)22/h5-6,8,10,15-16,18-19H,7,9,11-14H2,1-4H3/t16-,18+,19-,22-/m1/s1. The first-order chi connectivity index (χ1) is 10.5. The van der Waals surface area contributed by atoms with Crippen molar-refractivity contribution in [3.05, 3.63) is 29.8 Å². The van der Waals surface area contributed by atoms with Gasteiger partial charge in [0.1, 0.15) is 0 Å². The van der Waals surface area contributed by atoms with E-state index in [4.69, 9.17) is 4.43 Å². The van der Waals surface area contributed by atoms with Gasteiger partial charge in [-0.2, -0.15) is 0 Å². The van der Waals surface area contributed by atoms with Gasteiger partial charge in [0.05, 0.1) is 0 Å². The Morgan fingerprint density at radius 1 is 1.18 bits per heavy atom. The number of rotatable bonds is 3. The second-order valence-electron chi connectivity index (χ2n) is 8.22. The van der Waals surface area contributed by atoms with Crippen LogP contribution in [0, 0.1) is 17.8 Å². The van der Waals surface area contributed by atoms with E-state index in [-0.39, 0.29) is 0 Å². The molecule has 1 aliphatic heterocycles. The monoisotopic (exact) mass is 316 g/mol. The van der Waals surface area contributed by atoms with E-state index in [1.165, 1.54) is 38.1 Å². The summed E-state index contributed by atoms with van der Waals surface area (Å²) in [4.78, 5) is 0. The molecule has 0 amide bonds. The Bertz CT molecular complexity index is 512. The van der Waals surface area contributed by atoms with Crippen molar-refractivity contribution >= 4 is 13.5 Å². The summed E-state index contributed by atoms with van der Waals surface area (Å²) < 4.78 is 7.03. The van der Waals surface area contributed by atoms with E-state index in [1.54, 1.807) is 10.8 Å². The molecular formula is C20H32OSi. The summed E-state index contributed by atoms with van der Waals surface area (Å²) >= 11 is 0. The minimum atomic E-state index is -1.76. The highest BCUT2D eigenvalue weighted by molar-refractivity contribution is 6.86. The Balaban J connectivity index is 1.84. The van der Waals surface area contributed by atoms with Crippen LogP contribution in [0.25, 0.3) is 0 Å². The number of benzene rings is 1. The highest BCUT2D eigenvalue weighted by Gasteiger charge is 2.41. The lowest BCUT2D eigenvalue weighted by Gasteiger charge is -2.44. The fourth-order valence-corrected chi connectivity index (χ4v) is 8.35. The minimum absolute atomic E-state index is 0.492. The van der Waals surface area contributed by atoms with E-state index in [2.05, 4.69) is 51.6 Å². The molecule has 2 aliphatic rings. The Morgan fingerprint density at radius 2 is 1.95 bits per heavy atom. The summed E-state index contributed by atoms with van der Waals surface area (Å²) in [5.41, 5.74) is 1.56. The van der Waals surface area contributed by atoms with Gasteiger partial charge in [-0.15, -0.1) is 0 Å². The maximum atomic E-state index is 7.03. The van der Waals surface area contributed by atoms with Crippen molar-refractivity contribution in [1.29, 1.82) is 0 Å². The SMILES string of the molecule is CC(C)[C@@H]1CC[C@@H](C)C[C@H]1O[Si@]1(C)CCCc2ccccc21. The highest BCUT2D eigenvalue weighted by atomic mass is 28.4. The Labute approximate surface area is 137 Å². The van der Waals surface area contributed by atoms with Crippen LogP contribution in [0.3, 0.4) is 0 Å². The molecule has 1 aliphatic carbocycles. The third-order valence-corrected chi connectivity index (χ3v) is 9.82. The molecule has 2 heteroatoms. The first kappa shape index (κ1) is 16.3. The van der Waals surface area contributed by atoms with Gasteiger partial charge in [-0.25, -0.2) is 0 Å². The summed E-state index contributed by atoms with van der Waals surface area (Å²) in [6.07, 6.45) is 7.07. The van der Waals surface area contributed by atoms with Crippen molar-refractivity contribution in [2.45, 2.75) is 71.6 Å². The molecule has 1 fully saturated rings. The largest absolute Gasteiger partial charge is 0.409 e. The molecule has 0 unspecified atom stereocenters. The van der Waals surface area contributed by atoms with Gasteiger partial charge in [0, 0.05) is 6.10 Å². The quantitative estimate of drug-likeness (QED) is 0.721. The Kier molecular flexibility index (Phi) is 4.79. The van der Waals surface area contributed by atoms with Crippen molar-refractivity contribution in [1.82, 2.24) is 0 Å². The average molecular weight is 317 g/mol. The highest BCUT2D eigenvalue weighted by Crippen LogP contribution is 2.38. The van der Waals surface area contributed by atoms with Crippen molar-refractivity contribution in [2.24, 2.45) is 17.8 Å². The summed E-state index contributed by atoms with van der Waals surface area (Å²) in [7, 11) is -1.76. The third kappa shape index (κ3) is 3.19. The molecule has 1 saturated carbocycles. The third-order valence-electron chi connectivity index (χ3n) is 6.06. The van der Waals surface area contributed by atoms with Gasteiger partial charge < -0.3 is 4.43 Å². The van der Waals surface area contributed by atoms with Crippen LogP contribution in [-0.2, 0) is 10.8 Å². The normalized spacial score (nSPS) is 35.4. The van der Waals surface area contributed by atoms with Crippen LogP contribution in [0.5, 0.6) is 0 Å². The van der Waals surface area contributed by atoms with Gasteiger partial charge in [0.2, 0.25) is 8.32 Å². The minimum Gasteiger partial charge on any atom is -0.409 e. The van der Waals surface area contributed by atoms with Gasteiger partial charge in [-0.05, 0) is 66.8 Å². The predicted octanol–water partition coefficient (Wildman–Crippen LogP) is 4.89. The van der Waals surface area contributed by atoms with E-state index in [1.807, 2.05) is 0 Å². The van der Waals surface area contributed by atoms with E-state index >= 15 is 0 Å². The molecule has 1 nitrogen and oxygen atoms in total. The Morgan fingerprint density at radius 3 is 2.73 bits per heavy atom. The molecule has 0 bridgehead atoms. The van der Waals surface area contributed by atoms with E-state index < -0.39 is 8.32 Å². The maximum absolute atomic E-state index is 7.03. The summed E-state index contributed by atoms with van der Waals surface area (Å²) in [6, 6.07) is 10.4. The van der Waals surface area contributed by atoms with Gasteiger partial charge >= 0.3 is 0 Å². The van der Waals surface area contributed by atoms with Crippen molar-refractivity contribution in [2.75, 3.05) is 0 Å². The number of hydrogen-bond acceptors (Lipinski definition) is 1. The van der Waals surface area contributed by atoms with Crippen molar-refractivity contribution in [3.63, 3.8) is 0 Å². The molecule has 1 heterocycles. The Hall–Kier alpha value is -0.603. The van der Waals surface area contributed by atoms with Crippen LogP contribution in [0.1, 0.15) is 52.0 Å². The van der Waals surface area contributed by atoms with Crippen LogP contribution < -0.4 is 5.19 Å². The summed E-state index contributed by atoms with van der Waals surface area (Å²) in [5, 5.41) is 1.59. The lowest BCUT2D eigenvalue weighted by Crippen LogP contribution is -2.55. The number of hydrogen-bond donors (Lipinski definition) is 0. The van der Waals surface area contributed by atoms with Crippen LogP contribution in [0.15, 0.2) is 24.3 Å². The average Bonchev–Trinajstić information content (AvgIpc) is 2.47. The van der Waals surface area contributed by atoms with Crippen LogP contribution in [0.4, 0.5) is 0 Å². The summed E-state index contributed by atoms with van der Waals surface area (Å²) in [5.74, 6) is 2.33. The van der Waals surface area contributed by atoms with E-state index in [0.717, 1.165) is 17.8 Å². The van der Waals surface area contributed by atoms with Crippen LogP contribution in [-0.4, -0.2) is 14.4 Å². The second kappa shape index (κ2) is 6.49. The molecule has 0 spiro atoms. The fraction of sp³-hybridized carbons (Fsp3) is 0.700. The zero-order valence-corrected chi connectivity index (χ0v) is 15.8. The topological polar surface area (TPSA) is 9.23 Å². The van der Waals surface area contributed by atoms with Gasteiger partial charge in [0.25, 0.3) is 0 Å². The van der Waals surface area contributed by atoms with Crippen LogP contribution >= 0.6 is 0 Å². The fourth-order valence-electron chi connectivity index (χ4n) is 4.71. The van der Waals surface area contributed by atoms with E-state index in [0.29, 0.717) is 6.10 Å². The zero-order chi connectivity index (χ0) is 15.7. The molecule has 1 aromatic carbocycles. The molecule has 0 aromatic heterocycles. The molecule has 22 heavy (non-hydrogen) atoms. The zero-order valence-electron chi connectivity index (χ0n) is 14.8. The predicted molar refractivity (Wildman–Crippen MR) is 97.0 cm³/mol. The van der Waals surface area contributed by atoms with Crippen LogP contribution in [0.2, 0.25) is 12.6 Å². The number of aryl methyl sites for hydroxylation is 1. The van der Waals surface area contributed by atoms with Gasteiger partial charge in [-0.3, -0.25) is 0 Å². The molecule has 122 valence electrons. The van der Waals surface area contributed by atoms with Gasteiger partial charge in [-0.1, -0.05) is 51.5 Å². The lowest BCUT2D eigenvalue weighted by molar-refractivity contribution is 0.0403. The molecule has 0 radical (unpaired) electrons. The molecule has 3 rings (SSSR count). The molecule has 0 N–H and O–H groups in total. The van der Waals surface area contributed by atoms with Crippen molar-refractivity contribution in [3.8, 4) is 0 Å². The van der Waals surface area contributed by atoms with Crippen molar-refractivity contribution < 1.29 is 4.43 Å². The molecule has 4 atom stereocenters. The molecule has 1 aromatic rings. The second-order valence-corrected chi connectivity index (χ2v) is 12.0. The lowest BCUT2D eigenvalue weighted by atomic mass is 9.75. The smallest absolute Gasteiger partial charge is 0.221 e. The summed E-state index contributed by atoms with van der Waals surface area (Å²) in [6.45, 7) is 9.65. The van der Waals surface area contributed by atoms with Gasteiger partial charge in [0.15, 0.2) is 0 Å².